The van der Waals surface area contributed by atoms with Crippen LogP contribution < -0.4 is 10.6 Å². The van der Waals surface area contributed by atoms with Crippen LogP contribution in [-0.2, 0) is 9.53 Å². The fraction of sp³-hybridized carbons (Fsp3) is 0.833. The zero-order valence-electron chi connectivity index (χ0n) is 10.8. The molecule has 2 N–H and O–H groups in total. The van der Waals surface area contributed by atoms with Crippen molar-refractivity contribution in [3.63, 3.8) is 0 Å². The molecule has 0 bridgehead atoms. The van der Waals surface area contributed by atoms with E-state index in [0.717, 1.165) is 32.1 Å². The van der Waals surface area contributed by atoms with E-state index < -0.39 is 5.60 Å². The summed E-state index contributed by atoms with van der Waals surface area (Å²) in [5.74, 6) is 0. The van der Waals surface area contributed by atoms with E-state index in [9.17, 15) is 9.59 Å². The third kappa shape index (κ3) is 5.56. The van der Waals surface area contributed by atoms with E-state index in [1.165, 1.54) is 0 Å². The van der Waals surface area contributed by atoms with E-state index >= 15 is 0 Å². The van der Waals surface area contributed by atoms with Gasteiger partial charge in [-0.1, -0.05) is 0 Å². The molecular formula is C12H22N2O3. The summed E-state index contributed by atoms with van der Waals surface area (Å²) >= 11 is 0. The van der Waals surface area contributed by atoms with Gasteiger partial charge in [0.1, 0.15) is 5.60 Å². The highest BCUT2D eigenvalue weighted by Gasteiger charge is 2.24. The summed E-state index contributed by atoms with van der Waals surface area (Å²) in [5, 5.41) is 5.63. The Labute approximate surface area is 102 Å². The molecule has 1 fully saturated rings. The van der Waals surface area contributed by atoms with Crippen LogP contribution in [0.2, 0.25) is 0 Å². The zero-order chi connectivity index (χ0) is 12.9. The maximum absolute atomic E-state index is 11.5. The van der Waals surface area contributed by atoms with E-state index in [0.29, 0.717) is 0 Å². The molecule has 0 heterocycles. The summed E-state index contributed by atoms with van der Waals surface area (Å²) in [7, 11) is 0. The third-order valence-electron chi connectivity index (χ3n) is 2.75. The molecule has 0 aliphatic heterocycles. The fourth-order valence-electron chi connectivity index (χ4n) is 1.97. The van der Waals surface area contributed by atoms with Gasteiger partial charge in [0, 0.05) is 12.1 Å². The number of carbonyl (C=O) groups is 2. The second kappa shape index (κ2) is 5.89. The molecule has 5 nitrogen and oxygen atoms in total. The molecule has 1 aliphatic rings. The average Bonchev–Trinajstić information content (AvgIpc) is 2.18. The Balaban J connectivity index is 2.26. The van der Waals surface area contributed by atoms with E-state index in [4.69, 9.17) is 4.74 Å². The lowest BCUT2D eigenvalue weighted by atomic mass is 9.91. The molecule has 0 aromatic carbocycles. The standard InChI is InChI=1S/C12H22N2O3/c1-12(2,3)17-11(16)14-10-6-4-9(5-7-10)13-8-15/h8-10H,4-7H2,1-3H3,(H,13,15)(H,14,16). The summed E-state index contributed by atoms with van der Waals surface area (Å²) in [5.41, 5.74) is -0.458. The van der Waals surface area contributed by atoms with Crippen molar-refractivity contribution in [3.8, 4) is 0 Å². The number of hydrogen-bond acceptors (Lipinski definition) is 3. The molecule has 1 saturated carbocycles. The van der Waals surface area contributed by atoms with Crippen LogP contribution in [-0.4, -0.2) is 30.2 Å². The molecule has 0 aromatic rings. The quantitative estimate of drug-likeness (QED) is 0.738. The van der Waals surface area contributed by atoms with Crippen molar-refractivity contribution in [3.05, 3.63) is 0 Å². The van der Waals surface area contributed by atoms with Crippen LogP contribution in [0.1, 0.15) is 46.5 Å². The molecule has 0 atom stereocenters. The predicted octanol–water partition coefficient (Wildman–Crippen LogP) is 1.57. The average molecular weight is 242 g/mol. The lowest BCUT2D eigenvalue weighted by molar-refractivity contribution is -0.110. The van der Waals surface area contributed by atoms with Gasteiger partial charge in [0.15, 0.2) is 0 Å². The molecule has 17 heavy (non-hydrogen) atoms. The van der Waals surface area contributed by atoms with Crippen molar-refractivity contribution in [2.45, 2.75) is 64.1 Å². The monoisotopic (exact) mass is 242 g/mol. The van der Waals surface area contributed by atoms with Crippen LogP contribution in [0, 0.1) is 0 Å². The van der Waals surface area contributed by atoms with Gasteiger partial charge in [-0.3, -0.25) is 4.79 Å². The van der Waals surface area contributed by atoms with Gasteiger partial charge >= 0.3 is 6.09 Å². The molecule has 1 rings (SSSR count). The number of alkyl carbamates (subject to hydrolysis) is 1. The molecule has 2 amide bonds. The summed E-state index contributed by atoms with van der Waals surface area (Å²) in [4.78, 5) is 21.8. The lowest BCUT2D eigenvalue weighted by Gasteiger charge is -2.29. The second-order valence-corrected chi connectivity index (χ2v) is 5.48. The molecule has 5 heteroatoms. The number of amides is 2. The smallest absolute Gasteiger partial charge is 0.407 e. The Morgan fingerprint density at radius 3 is 2.18 bits per heavy atom. The van der Waals surface area contributed by atoms with Crippen molar-refractivity contribution in [1.82, 2.24) is 10.6 Å². The molecule has 0 spiro atoms. The number of nitrogens with one attached hydrogen (secondary N) is 2. The number of ether oxygens (including phenoxy) is 1. The van der Waals surface area contributed by atoms with Gasteiger partial charge in [-0.05, 0) is 46.5 Å². The highest BCUT2D eigenvalue weighted by molar-refractivity contribution is 5.68. The minimum Gasteiger partial charge on any atom is -0.444 e. The van der Waals surface area contributed by atoms with Gasteiger partial charge < -0.3 is 15.4 Å². The molecule has 0 radical (unpaired) electrons. The molecule has 98 valence electrons. The van der Waals surface area contributed by atoms with E-state index in [1.807, 2.05) is 20.8 Å². The second-order valence-electron chi connectivity index (χ2n) is 5.48. The summed E-state index contributed by atoms with van der Waals surface area (Å²) in [6.45, 7) is 5.53. The van der Waals surface area contributed by atoms with Crippen LogP contribution in [0.25, 0.3) is 0 Å². The van der Waals surface area contributed by atoms with E-state index in [2.05, 4.69) is 10.6 Å². The Kier molecular flexibility index (Phi) is 4.78. The van der Waals surface area contributed by atoms with Gasteiger partial charge in [0.05, 0.1) is 0 Å². The molecule has 0 saturated heterocycles. The van der Waals surface area contributed by atoms with Gasteiger partial charge in [-0.2, -0.15) is 0 Å². The zero-order valence-corrected chi connectivity index (χ0v) is 10.8. The molecule has 0 unspecified atom stereocenters. The first-order valence-corrected chi connectivity index (χ1v) is 6.10. The summed E-state index contributed by atoms with van der Waals surface area (Å²) in [6, 6.07) is 0.415. The van der Waals surface area contributed by atoms with E-state index in [1.54, 1.807) is 0 Å². The fourth-order valence-corrected chi connectivity index (χ4v) is 1.97. The van der Waals surface area contributed by atoms with Crippen molar-refractivity contribution < 1.29 is 14.3 Å². The minimum atomic E-state index is -0.458. The normalized spacial score (nSPS) is 24.9. The highest BCUT2D eigenvalue weighted by atomic mass is 16.6. The molecule has 0 aromatic heterocycles. The molecule has 1 aliphatic carbocycles. The maximum atomic E-state index is 11.5. The Hall–Kier alpha value is -1.26. The largest absolute Gasteiger partial charge is 0.444 e. The minimum absolute atomic E-state index is 0.162. The predicted molar refractivity (Wildman–Crippen MR) is 64.6 cm³/mol. The first kappa shape index (κ1) is 13.8. The van der Waals surface area contributed by atoms with Crippen LogP contribution in [0.5, 0.6) is 0 Å². The lowest BCUT2D eigenvalue weighted by Crippen LogP contribution is -2.43. The first-order valence-electron chi connectivity index (χ1n) is 6.10. The third-order valence-corrected chi connectivity index (χ3v) is 2.75. The van der Waals surface area contributed by atoms with Gasteiger partial charge in [-0.25, -0.2) is 4.79 Å². The maximum Gasteiger partial charge on any atom is 0.407 e. The highest BCUT2D eigenvalue weighted by Crippen LogP contribution is 2.18. The van der Waals surface area contributed by atoms with Crippen molar-refractivity contribution in [2.24, 2.45) is 0 Å². The van der Waals surface area contributed by atoms with Crippen molar-refractivity contribution in [1.29, 1.82) is 0 Å². The van der Waals surface area contributed by atoms with Gasteiger partial charge in [0.25, 0.3) is 0 Å². The number of carbonyl (C=O) groups excluding carboxylic acids is 2. The van der Waals surface area contributed by atoms with Crippen molar-refractivity contribution >= 4 is 12.5 Å². The van der Waals surface area contributed by atoms with Crippen LogP contribution in [0.4, 0.5) is 4.79 Å². The van der Waals surface area contributed by atoms with Crippen LogP contribution in [0.15, 0.2) is 0 Å². The Bertz CT molecular complexity index is 265. The van der Waals surface area contributed by atoms with E-state index in [-0.39, 0.29) is 18.2 Å². The Morgan fingerprint density at radius 2 is 1.71 bits per heavy atom. The van der Waals surface area contributed by atoms with Crippen LogP contribution >= 0.6 is 0 Å². The van der Waals surface area contributed by atoms with Crippen LogP contribution in [0.3, 0.4) is 0 Å². The Morgan fingerprint density at radius 1 is 1.18 bits per heavy atom. The summed E-state index contributed by atoms with van der Waals surface area (Å²) < 4.78 is 5.19. The topological polar surface area (TPSA) is 67.4 Å². The number of rotatable bonds is 3. The number of hydrogen-bond donors (Lipinski definition) is 2. The SMILES string of the molecule is CC(C)(C)OC(=O)NC1CCC(NC=O)CC1. The van der Waals surface area contributed by atoms with Gasteiger partial charge in [-0.15, -0.1) is 0 Å². The first-order chi connectivity index (χ1) is 7.90. The summed E-state index contributed by atoms with van der Waals surface area (Å²) in [6.07, 6.45) is 3.95. The van der Waals surface area contributed by atoms with Crippen molar-refractivity contribution in [2.75, 3.05) is 0 Å². The molecular weight excluding hydrogens is 220 g/mol. The van der Waals surface area contributed by atoms with Gasteiger partial charge in [0.2, 0.25) is 6.41 Å².